The van der Waals surface area contributed by atoms with E-state index in [1.165, 1.54) is 0 Å². The average molecular weight is 237 g/mol. The summed E-state index contributed by atoms with van der Waals surface area (Å²) in [5.74, 6) is 0.791. The minimum absolute atomic E-state index is 0.371. The molecule has 1 rings (SSSR count). The highest BCUT2D eigenvalue weighted by Gasteiger charge is 2.09. The Morgan fingerprint density at radius 3 is 2.65 bits per heavy atom. The van der Waals surface area contributed by atoms with E-state index >= 15 is 0 Å². The molecular formula is C13H19NO3. The first kappa shape index (κ1) is 13.4. The van der Waals surface area contributed by atoms with Gasteiger partial charge in [0, 0.05) is 5.56 Å². The topological polar surface area (TPSA) is 47.6 Å². The van der Waals surface area contributed by atoms with Crippen molar-refractivity contribution >= 4 is 6.09 Å². The van der Waals surface area contributed by atoms with Gasteiger partial charge in [-0.1, -0.05) is 6.07 Å². The number of benzene rings is 1. The summed E-state index contributed by atoms with van der Waals surface area (Å²) in [6.07, 6.45) is -0.408. The van der Waals surface area contributed by atoms with E-state index in [4.69, 9.17) is 9.47 Å². The van der Waals surface area contributed by atoms with Crippen LogP contribution in [0.25, 0.3) is 0 Å². The normalized spacial score (nSPS) is 9.88. The van der Waals surface area contributed by atoms with E-state index in [0.717, 1.165) is 22.4 Å². The minimum atomic E-state index is -0.408. The number of alkyl carbamates (subject to hydrolysis) is 1. The molecule has 0 aliphatic heterocycles. The number of rotatable bonds is 4. The molecule has 0 bridgehead atoms. The van der Waals surface area contributed by atoms with Crippen molar-refractivity contribution in [1.29, 1.82) is 0 Å². The fourth-order valence-corrected chi connectivity index (χ4v) is 1.71. The Labute approximate surface area is 102 Å². The Hall–Kier alpha value is -1.71. The third kappa shape index (κ3) is 3.66. The number of methoxy groups -OCH3 is 1. The van der Waals surface area contributed by atoms with Crippen LogP contribution in [0.2, 0.25) is 0 Å². The molecule has 0 fully saturated rings. The number of aryl methyl sites for hydroxylation is 2. The zero-order valence-electron chi connectivity index (χ0n) is 10.8. The van der Waals surface area contributed by atoms with Gasteiger partial charge in [0.25, 0.3) is 0 Å². The van der Waals surface area contributed by atoms with Crippen molar-refractivity contribution in [3.63, 3.8) is 0 Å². The number of nitrogens with one attached hydrogen (secondary N) is 1. The van der Waals surface area contributed by atoms with E-state index in [9.17, 15) is 4.79 Å². The van der Waals surface area contributed by atoms with E-state index in [1.807, 2.05) is 19.9 Å². The van der Waals surface area contributed by atoms with Crippen LogP contribution in [0.15, 0.2) is 12.1 Å². The Morgan fingerprint density at radius 2 is 2.06 bits per heavy atom. The van der Waals surface area contributed by atoms with Crippen molar-refractivity contribution in [2.24, 2.45) is 0 Å². The van der Waals surface area contributed by atoms with Gasteiger partial charge in [-0.15, -0.1) is 0 Å². The maximum atomic E-state index is 11.2. The van der Waals surface area contributed by atoms with Crippen LogP contribution in [0, 0.1) is 13.8 Å². The van der Waals surface area contributed by atoms with Crippen LogP contribution in [-0.2, 0) is 11.3 Å². The fourth-order valence-electron chi connectivity index (χ4n) is 1.71. The molecule has 0 spiro atoms. The lowest BCUT2D eigenvalue weighted by atomic mass is 10.0. The largest absolute Gasteiger partial charge is 0.496 e. The molecule has 0 saturated heterocycles. The molecule has 94 valence electrons. The molecule has 17 heavy (non-hydrogen) atoms. The Bertz CT molecular complexity index is 402. The maximum Gasteiger partial charge on any atom is 0.407 e. The number of carbonyl (C=O) groups is 1. The molecule has 1 N–H and O–H groups in total. The third-order valence-corrected chi connectivity index (χ3v) is 2.48. The van der Waals surface area contributed by atoms with Crippen LogP contribution < -0.4 is 10.1 Å². The molecule has 0 aliphatic carbocycles. The first-order valence-electron chi connectivity index (χ1n) is 5.63. The molecule has 1 aromatic rings. The van der Waals surface area contributed by atoms with Gasteiger partial charge in [0.15, 0.2) is 0 Å². The number of carbonyl (C=O) groups excluding carboxylic acids is 1. The van der Waals surface area contributed by atoms with Crippen LogP contribution in [0.5, 0.6) is 5.75 Å². The third-order valence-electron chi connectivity index (χ3n) is 2.48. The van der Waals surface area contributed by atoms with E-state index in [1.54, 1.807) is 14.0 Å². The molecular weight excluding hydrogens is 218 g/mol. The molecule has 0 saturated carbocycles. The Kier molecular flexibility index (Phi) is 4.82. The van der Waals surface area contributed by atoms with Crippen LogP contribution in [0.4, 0.5) is 4.79 Å². The molecule has 0 heterocycles. The van der Waals surface area contributed by atoms with Gasteiger partial charge in [0.1, 0.15) is 5.75 Å². The first-order chi connectivity index (χ1) is 8.08. The van der Waals surface area contributed by atoms with Crippen molar-refractivity contribution in [3.8, 4) is 5.75 Å². The average Bonchev–Trinajstić information content (AvgIpc) is 2.27. The number of ether oxygens (including phenoxy) is 2. The highest BCUT2D eigenvalue weighted by Crippen LogP contribution is 2.23. The lowest BCUT2D eigenvalue weighted by Crippen LogP contribution is -2.24. The quantitative estimate of drug-likeness (QED) is 0.875. The molecule has 0 radical (unpaired) electrons. The smallest absolute Gasteiger partial charge is 0.407 e. The van der Waals surface area contributed by atoms with Crippen LogP contribution in [0.3, 0.4) is 0 Å². The van der Waals surface area contributed by atoms with Crippen LogP contribution in [-0.4, -0.2) is 19.8 Å². The summed E-state index contributed by atoms with van der Waals surface area (Å²) in [5, 5.41) is 2.69. The molecule has 1 amide bonds. The Balaban J connectivity index is 2.79. The van der Waals surface area contributed by atoms with Crippen molar-refractivity contribution in [2.75, 3.05) is 13.7 Å². The predicted octanol–water partition coefficient (Wildman–Crippen LogP) is 2.56. The summed E-state index contributed by atoms with van der Waals surface area (Å²) in [7, 11) is 1.63. The second-order valence-electron chi connectivity index (χ2n) is 3.84. The summed E-state index contributed by atoms with van der Waals surface area (Å²) >= 11 is 0. The molecule has 0 atom stereocenters. The maximum absolute atomic E-state index is 11.2. The molecule has 4 heteroatoms. The van der Waals surface area contributed by atoms with Crippen molar-refractivity contribution < 1.29 is 14.3 Å². The van der Waals surface area contributed by atoms with E-state index in [0.29, 0.717) is 13.2 Å². The summed E-state index contributed by atoms with van der Waals surface area (Å²) in [6, 6.07) is 4.01. The summed E-state index contributed by atoms with van der Waals surface area (Å²) in [5.41, 5.74) is 3.21. The summed E-state index contributed by atoms with van der Waals surface area (Å²) < 4.78 is 10.1. The number of hydrogen-bond acceptors (Lipinski definition) is 3. The minimum Gasteiger partial charge on any atom is -0.496 e. The molecule has 0 unspecified atom stereocenters. The zero-order valence-corrected chi connectivity index (χ0v) is 10.8. The van der Waals surface area contributed by atoms with Gasteiger partial charge in [-0.2, -0.15) is 0 Å². The standard InChI is InChI=1S/C13H19NO3/c1-5-17-13(15)14-8-11-10(3)6-9(2)7-12(11)16-4/h6-7H,5,8H2,1-4H3,(H,14,15). The predicted molar refractivity (Wildman–Crippen MR) is 66.3 cm³/mol. The van der Waals surface area contributed by atoms with Crippen molar-refractivity contribution in [1.82, 2.24) is 5.32 Å². The lowest BCUT2D eigenvalue weighted by Gasteiger charge is -2.13. The van der Waals surface area contributed by atoms with Gasteiger partial charge < -0.3 is 14.8 Å². The van der Waals surface area contributed by atoms with Crippen LogP contribution in [0.1, 0.15) is 23.6 Å². The van der Waals surface area contributed by atoms with E-state index < -0.39 is 6.09 Å². The fraction of sp³-hybridized carbons (Fsp3) is 0.462. The number of amides is 1. The summed E-state index contributed by atoms with van der Waals surface area (Å²) in [4.78, 5) is 11.2. The van der Waals surface area contributed by atoms with Gasteiger partial charge in [-0.3, -0.25) is 0 Å². The van der Waals surface area contributed by atoms with Crippen LogP contribution >= 0.6 is 0 Å². The first-order valence-corrected chi connectivity index (χ1v) is 5.63. The second-order valence-corrected chi connectivity index (χ2v) is 3.84. The SMILES string of the molecule is CCOC(=O)NCc1c(C)cc(C)cc1OC. The van der Waals surface area contributed by atoms with Gasteiger partial charge in [-0.05, 0) is 38.0 Å². The van der Waals surface area contributed by atoms with E-state index in [2.05, 4.69) is 11.4 Å². The second kappa shape index (κ2) is 6.13. The van der Waals surface area contributed by atoms with Gasteiger partial charge in [-0.25, -0.2) is 4.79 Å². The molecule has 0 aromatic heterocycles. The Morgan fingerprint density at radius 1 is 1.35 bits per heavy atom. The number of hydrogen-bond donors (Lipinski definition) is 1. The summed E-state index contributed by atoms with van der Waals surface area (Å²) in [6.45, 7) is 6.57. The van der Waals surface area contributed by atoms with Crippen molar-refractivity contribution in [2.45, 2.75) is 27.3 Å². The van der Waals surface area contributed by atoms with E-state index in [-0.39, 0.29) is 0 Å². The van der Waals surface area contributed by atoms with Gasteiger partial charge >= 0.3 is 6.09 Å². The lowest BCUT2D eigenvalue weighted by molar-refractivity contribution is 0.151. The molecule has 1 aromatic carbocycles. The highest BCUT2D eigenvalue weighted by molar-refractivity contribution is 5.67. The highest BCUT2D eigenvalue weighted by atomic mass is 16.5. The molecule has 4 nitrogen and oxygen atoms in total. The van der Waals surface area contributed by atoms with Gasteiger partial charge in [0.05, 0.1) is 20.3 Å². The molecule has 0 aliphatic rings. The monoisotopic (exact) mass is 237 g/mol. The van der Waals surface area contributed by atoms with Crippen molar-refractivity contribution in [3.05, 3.63) is 28.8 Å². The zero-order chi connectivity index (χ0) is 12.8. The van der Waals surface area contributed by atoms with Gasteiger partial charge in [0.2, 0.25) is 0 Å².